The van der Waals surface area contributed by atoms with Crippen LogP contribution in [0.3, 0.4) is 0 Å². The van der Waals surface area contributed by atoms with Crippen molar-refractivity contribution in [3.05, 3.63) is 11.9 Å². The van der Waals surface area contributed by atoms with Crippen LogP contribution in [0.1, 0.15) is 71.5 Å². The van der Waals surface area contributed by atoms with E-state index in [0.717, 1.165) is 5.69 Å². The Morgan fingerprint density at radius 3 is 2.45 bits per heavy atom. The van der Waals surface area contributed by atoms with Crippen molar-refractivity contribution in [2.75, 3.05) is 19.6 Å². The summed E-state index contributed by atoms with van der Waals surface area (Å²) in [5, 5.41) is 8.70. The van der Waals surface area contributed by atoms with E-state index in [0.29, 0.717) is 6.04 Å². The highest BCUT2D eigenvalue weighted by Gasteiger charge is 2.23. The monoisotopic (exact) mass is 278 g/mol. The number of aromatic nitrogens is 3. The standard InChI is InChI=1S/C16H30N4/c1-5-6-7-10-19-11-8-14(9-12-19)20-13-15(17-18-20)16(2,3)4/h13-14H,5-12H2,1-4H3. The summed E-state index contributed by atoms with van der Waals surface area (Å²) < 4.78 is 2.10. The minimum absolute atomic E-state index is 0.0963. The molecule has 0 aliphatic carbocycles. The lowest BCUT2D eigenvalue weighted by molar-refractivity contribution is 0.176. The molecule has 1 aliphatic rings. The molecule has 1 saturated heterocycles. The summed E-state index contributed by atoms with van der Waals surface area (Å²) in [5.74, 6) is 0. The zero-order valence-corrected chi connectivity index (χ0v) is 13.6. The molecule has 0 bridgehead atoms. The van der Waals surface area contributed by atoms with Crippen LogP contribution in [0.5, 0.6) is 0 Å². The van der Waals surface area contributed by atoms with Gasteiger partial charge in [-0.1, -0.05) is 45.7 Å². The lowest BCUT2D eigenvalue weighted by Gasteiger charge is -2.31. The number of hydrogen-bond donors (Lipinski definition) is 0. The van der Waals surface area contributed by atoms with Gasteiger partial charge in [0, 0.05) is 24.7 Å². The van der Waals surface area contributed by atoms with Crippen LogP contribution < -0.4 is 0 Å². The van der Waals surface area contributed by atoms with Crippen LogP contribution in [-0.4, -0.2) is 39.5 Å². The zero-order valence-electron chi connectivity index (χ0n) is 13.6. The van der Waals surface area contributed by atoms with E-state index in [1.165, 1.54) is 51.7 Å². The van der Waals surface area contributed by atoms with E-state index in [2.05, 4.69) is 53.8 Å². The molecule has 0 N–H and O–H groups in total. The molecule has 0 saturated carbocycles. The maximum atomic E-state index is 4.35. The Morgan fingerprint density at radius 2 is 1.90 bits per heavy atom. The first-order chi connectivity index (χ1) is 9.50. The number of rotatable bonds is 5. The Hall–Kier alpha value is -0.900. The van der Waals surface area contributed by atoms with Gasteiger partial charge < -0.3 is 4.90 Å². The zero-order chi connectivity index (χ0) is 14.6. The first-order valence-corrected chi connectivity index (χ1v) is 8.15. The van der Waals surface area contributed by atoms with Crippen molar-refractivity contribution in [2.45, 2.75) is 71.3 Å². The molecule has 0 spiro atoms. The topological polar surface area (TPSA) is 34.0 Å². The normalized spacial score (nSPS) is 18.6. The summed E-state index contributed by atoms with van der Waals surface area (Å²) in [4.78, 5) is 2.60. The van der Waals surface area contributed by atoms with Gasteiger partial charge in [-0.15, -0.1) is 5.10 Å². The molecule has 4 nitrogen and oxygen atoms in total. The van der Waals surface area contributed by atoms with E-state index >= 15 is 0 Å². The van der Waals surface area contributed by atoms with Crippen LogP contribution in [0.15, 0.2) is 6.20 Å². The molecule has 0 atom stereocenters. The number of hydrogen-bond acceptors (Lipinski definition) is 3. The van der Waals surface area contributed by atoms with E-state index < -0.39 is 0 Å². The van der Waals surface area contributed by atoms with Crippen molar-refractivity contribution < 1.29 is 0 Å². The van der Waals surface area contributed by atoms with Crippen LogP contribution in [0, 0.1) is 0 Å². The molecule has 0 amide bonds. The highest BCUT2D eigenvalue weighted by atomic mass is 15.4. The molecule has 20 heavy (non-hydrogen) atoms. The van der Waals surface area contributed by atoms with Crippen molar-refractivity contribution in [3.8, 4) is 0 Å². The molecule has 0 unspecified atom stereocenters. The predicted molar refractivity (Wildman–Crippen MR) is 83.0 cm³/mol. The summed E-state index contributed by atoms with van der Waals surface area (Å²) in [6, 6.07) is 0.543. The minimum Gasteiger partial charge on any atom is -0.303 e. The van der Waals surface area contributed by atoms with E-state index in [9.17, 15) is 0 Å². The van der Waals surface area contributed by atoms with Crippen molar-refractivity contribution >= 4 is 0 Å². The maximum Gasteiger partial charge on any atom is 0.0880 e. The molecule has 1 aliphatic heterocycles. The Labute approximate surface area is 123 Å². The fourth-order valence-corrected chi connectivity index (χ4v) is 2.79. The van der Waals surface area contributed by atoms with E-state index in [-0.39, 0.29) is 5.41 Å². The molecular formula is C16H30N4. The third-order valence-corrected chi connectivity index (χ3v) is 4.29. The fraction of sp³-hybridized carbons (Fsp3) is 0.875. The Balaban J connectivity index is 1.83. The van der Waals surface area contributed by atoms with Gasteiger partial charge in [0.2, 0.25) is 0 Å². The van der Waals surface area contributed by atoms with Gasteiger partial charge in [0.15, 0.2) is 0 Å². The highest BCUT2D eigenvalue weighted by molar-refractivity contribution is 5.06. The second-order valence-electron chi connectivity index (χ2n) is 7.11. The number of piperidine rings is 1. The Bertz CT molecular complexity index is 397. The van der Waals surface area contributed by atoms with Gasteiger partial charge in [0.05, 0.1) is 11.7 Å². The van der Waals surface area contributed by atoms with Gasteiger partial charge in [-0.3, -0.25) is 0 Å². The van der Waals surface area contributed by atoms with Gasteiger partial charge in [-0.25, -0.2) is 4.68 Å². The lowest BCUT2D eigenvalue weighted by atomic mass is 9.93. The van der Waals surface area contributed by atoms with Gasteiger partial charge >= 0.3 is 0 Å². The van der Waals surface area contributed by atoms with Crippen LogP contribution in [0.25, 0.3) is 0 Å². The lowest BCUT2D eigenvalue weighted by Crippen LogP contribution is -2.35. The van der Waals surface area contributed by atoms with Crippen LogP contribution in [-0.2, 0) is 5.41 Å². The van der Waals surface area contributed by atoms with Crippen LogP contribution >= 0.6 is 0 Å². The number of nitrogens with zero attached hydrogens (tertiary/aromatic N) is 4. The number of unbranched alkanes of at least 4 members (excludes halogenated alkanes) is 2. The molecule has 1 fully saturated rings. The van der Waals surface area contributed by atoms with E-state index in [1.807, 2.05) is 0 Å². The Morgan fingerprint density at radius 1 is 1.20 bits per heavy atom. The average Bonchev–Trinajstić information content (AvgIpc) is 2.89. The quantitative estimate of drug-likeness (QED) is 0.774. The first kappa shape index (κ1) is 15.5. The fourth-order valence-electron chi connectivity index (χ4n) is 2.79. The van der Waals surface area contributed by atoms with E-state index in [4.69, 9.17) is 0 Å². The van der Waals surface area contributed by atoms with E-state index in [1.54, 1.807) is 0 Å². The molecule has 2 rings (SSSR count). The smallest absolute Gasteiger partial charge is 0.0880 e. The summed E-state index contributed by atoms with van der Waals surface area (Å²) in [6.45, 7) is 12.5. The summed E-state index contributed by atoms with van der Waals surface area (Å²) >= 11 is 0. The van der Waals surface area contributed by atoms with Gasteiger partial charge in [-0.05, 0) is 25.8 Å². The molecule has 2 heterocycles. The molecule has 1 aromatic rings. The van der Waals surface area contributed by atoms with Crippen molar-refractivity contribution in [3.63, 3.8) is 0 Å². The molecule has 1 aromatic heterocycles. The van der Waals surface area contributed by atoms with Crippen LogP contribution in [0.2, 0.25) is 0 Å². The summed E-state index contributed by atoms with van der Waals surface area (Å²) in [7, 11) is 0. The van der Waals surface area contributed by atoms with Crippen molar-refractivity contribution in [2.24, 2.45) is 0 Å². The second kappa shape index (κ2) is 6.70. The molecular weight excluding hydrogens is 248 g/mol. The first-order valence-electron chi connectivity index (χ1n) is 8.15. The molecule has 0 aromatic carbocycles. The van der Waals surface area contributed by atoms with Crippen molar-refractivity contribution in [1.29, 1.82) is 0 Å². The predicted octanol–water partition coefficient (Wildman–Crippen LogP) is 3.40. The summed E-state index contributed by atoms with van der Waals surface area (Å²) in [6.07, 6.45) is 8.58. The maximum absolute atomic E-state index is 4.35. The van der Waals surface area contributed by atoms with Crippen LogP contribution in [0.4, 0.5) is 0 Å². The summed E-state index contributed by atoms with van der Waals surface area (Å²) in [5.41, 5.74) is 1.20. The molecule has 114 valence electrons. The van der Waals surface area contributed by atoms with Gasteiger partial charge in [0.25, 0.3) is 0 Å². The minimum atomic E-state index is 0.0963. The number of likely N-dealkylation sites (tertiary alicyclic amines) is 1. The highest BCUT2D eigenvalue weighted by Crippen LogP contribution is 2.25. The second-order valence-corrected chi connectivity index (χ2v) is 7.11. The molecule has 0 radical (unpaired) electrons. The SMILES string of the molecule is CCCCCN1CCC(n2cc(C(C)(C)C)nn2)CC1. The van der Waals surface area contributed by atoms with Gasteiger partial charge in [-0.2, -0.15) is 0 Å². The molecule has 4 heteroatoms. The third kappa shape index (κ3) is 4.05. The Kier molecular flexibility index (Phi) is 5.19. The third-order valence-electron chi connectivity index (χ3n) is 4.29. The van der Waals surface area contributed by atoms with Gasteiger partial charge in [0.1, 0.15) is 0 Å². The van der Waals surface area contributed by atoms with Crippen molar-refractivity contribution in [1.82, 2.24) is 19.9 Å². The largest absolute Gasteiger partial charge is 0.303 e. The average molecular weight is 278 g/mol.